The Morgan fingerprint density at radius 3 is 2.44 bits per heavy atom. The maximum Gasteiger partial charge on any atom is 0.133 e. The van der Waals surface area contributed by atoms with E-state index < -0.39 is 0 Å². The second-order valence-corrected chi connectivity index (χ2v) is 7.43. The molecule has 0 N–H and O–H groups in total. The van der Waals surface area contributed by atoms with E-state index in [2.05, 4.69) is 52.3 Å². The van der Waals surface area contributed by atoms with Gasteiger partial charge in [-0.2, -0.15) is 0 Å². The highest BCUT2D eigenvalue weighted by Crippen LogP contribution is 2.37. The number of pyridine rings is 1. The van der Waals surface area contributed by atoms with Crippen molar-refractivity contribution in [2.24, 2.45) is 0 Å². The molecule has 0 aliphatic carbocycles. The zero-order valence-electron chi connectivity index (χ0n) is 15.1. The quantitative estimate of drug-likeness (QED) is 0.800. The first-order valence-corrected chi connectivity index (χ1v) is 9.90. The second kappa shape index (κ2) is 8.01. The van der Waals surface area contributed by atoms with Gasteiger partial charge in [0.2, 0.25) is 0 Å². The number of anilines is 1. The molecule has 0 spiro atoms. The molecule has 2 aliphatic rings. The van der Waals surface area contributed by atoms with Crippen molar-refractivity contribution in [1.29, 1.82) is 0 Å². The van der Waals surface area contributed by atoms with Gasteiger partial charge in [-0.05, 0) is 43.9 Å². The van der Waals surface area contributed by atoms with Crippen molar-refractivity contribution in [3.63, 3.8) is 0 Å². The maximum atomic E-state index is 4.83. The van der Waals surface area contributed by atoms with E-state index in [1.807, 2.05) is 6.20 Å². The SMILES string of the molecule is c1ccc(CN2CCC[C@H]2c2cccnc2N2CCCCCC2)cc1. The van der Waals surface area contributed by atoms with Crippen LogP contribution in [0.15, 0.2) is 48.7 Å². The number of rotatable bonds is 4. The van der Waals surface area contributed by atoms with Gasteiger partial charge in [-0.1, -0.05) is 49.2 Å². The molecular weight excluding hydrogens is 306 g/mol. The first kappa shape index (κ1) is 16.6. The summed E-state index contributed by atoms with van der Waals surface area (Å²) in [6, 6.07) is 15.8. The van der Waals surface area contributed by atoms with Gasteiger partial charge in [0.1, 0.15) is 5.82 Å². The molecule has 1 atom stereocenters. The van der Waals surface area contributed by atoms with E-state index in [-0.39, 0.29) is 0 Å². The van der Waals surface area contributed by atoms with E-state index in [0.29, 0.717) is 6.04 Å². The highest BCUT2D eigenvalue weighted by molar-refractivity contribution is 5.49. The molecule has 2 aromatic rings. The summed E-state index contributed by atoms with van der Waals surface area (Å²) in [6.07, 6.45) is 9.83. The Labute approximate surface area is 151 Å². The van der Waals surface area contributed by atoms with Crippen molar-refractivity contribution in [1.82, 2.24) is 9.88 Å². The van der Waals surface area contributed by atoms with Gasteiger partial charge >= 0.3 is 0 Å². The lowest BCUT2D eigenvalue weighted by atomic mass is 10.0. The fraction of sp³-hybridized carbons (Fsp3) is 0.500. The molecule has 0 unspecified atom stereocenters. The van der Waals surface area contributed by atoms with Gasteiger partial charge in [0.05, 0.1) is 0 Å². The van der Waals surface area contributed by atoms with Crippen molar-refractivity contribution in [3.05, 3.63) is 59.8 Å². The Morgan fingerprint density at radius 2 is 1.64 bits per heavy atom. The minimum atomic E-state index is 0.507. The topological polar surface area (TPSA) is 19.4 Å². The number of aromatic nitrogens is 1. The van der Waals surface area contributed by atoms with Crippen LogP contribution >= 0.6 is 0 Å². The standard InChI is InChI=1S/C22H29N3/c1-2-7-16-24(15-6-1)22-20(12-8-14-23-22)21-13-9-17-25(21)18-19-10-4-3-5-11-19/h3-5,8,10-12,14,21H,1-2,6-7,9,13,15-18H2/t21-/m0/s1. The molecule has 0 amide bonds. The maximum absolute atomic E-state index is 4.83. The summed E-state index contributed by atoms with van der Waals surface area (Å²) in [5.74, 6) is 1.24. The Morgan fingerprint density at radius 1 is 0.840 bits per heavy atom. The van der Waals surface area contributed by atoms with Crippen molar-refractivity contribution >= 4 is 5.82 Å². The van der Waals surface area contributed by atoms with Gasteiger partial charge in [0, 0.05) is 37.4 Å². The van der Waals surface area contributed by atoms with Gasteiger partial charge in [-0.3, -0.25) is 4.90 Å². The molecule has 4 rings (SSSR count). The summed E-state index contributed by atoms with van der Waals surface area (Å²) in [5, 5.41) is 0. The Bertz CT molecular complexity index is 662. The summed E-state index contributed by atoms with van der Waals surface area (Å²) in [6.45, 7) is 4.55. The first-order valence-electron chi connectivity index (χ1n) is 9.90. The van der Waals surface area contributed by atoms with E-state index in [9.17, 15) is 0 Å². The molecule has 3 nitrogen and oxygen atoms in total. The van der Waals surface area contributed by atoms with Crippen LogP contribution < -0.4 is 4.90 Å². The molecule has 2 saturated heterocycles. The predicted molar refractivity (Wildman–Crippen MR) is 104 cm³/mol. The van der Waals surface area contributed by atoms with Crippen LogP contribution in [0.3, 0.4) is 0 Å². The fourth-order valence-corrected chi connectivity index (χ4v) is 4.40. The van der Waals surface area contributed by atoms with Gasteiger partial charge in [0.15, 0.2) is 0 Å². The predicted octanol–water partition coefficient (Wildman–Crippen LogP) is 4.80. The van der Waals surface area contributed by atoms with Gasteiger partial charge < -0.3 is 4.90 Å². The molecule has 1 aromatic carbocycles. The van der Waals surface area contributed by atoms with Crippen LogP contribution in [0, 0.1) is 0 Å². The van der Waals surface area contributed by atoms with Gasteiger partial charge in [0.25, 0.3) is 0 Å². The molecule has 3 heteroatoms. The molecule has 2 fully saturated rings. The highest BCUT2D eigenvalue weighted by Gasteiger charge is 2.29. The van der Waals surface area contributed by atoms with Crippen LogP contribution in [0.2, 0.25) is 0 Å². The molecular formula is C22H29N3. The van der Waals surface area contributed by atoms with Crippen molar-refractivity contribution < 1.29 is 0 Å². The number of hydrogen-bond donors (Lipinski definition) is 0. The third-order valence-electron chi connectivity index (χ3n) is 5.67. The van der Waals surface area contributed by atoms with Gasteiger partial charge in [-0.15, -0.1) is 0 Å². The number of benzene rings is 1. The zero-order chi connectivity index (χ0) is 16.9. The van der Waals surface area contributed by atoms with Crippen LogP contribution in [0.5, 0.6) is 0 Å². The van der Waals surface area contributed by atoms with Crippen molar-refractivity contribution in [2.45, 2.75) is 51.1 Å². The van der Waals surface area contributed by atoms with Crippen LogP contribution in [-0.2, 0) is 6.54 Å². The van der Waals surface area contributed by atoms with Gasteiger partial charge in [-0.25, -0.2) is 4.98 Å². The third kappa shape index (κ3) is 3.87. The number of likely N-dealkylation sites (tertiary alicyclic amines) is 1. The normalized spacial score (nSPS) is 22.1. The Kier molecular flexibility index (Phi) is 5.31. The summed E-state index contributed by atoms with van der Waals surface area (Å²) in [5.41, 5.74) is 2.85. The van der Waals surface area contributed by atoms with Crippen LogP contribution in [0.1, 0.15) is 55.7 Å². The monoisotopic (exact) mass is 335 g/mol. The minimum absolute atomic E-state index is 0.507. The second-order valence-electron chi connectivity index (χ2n) is 7.43. The largest absolute Gasteiger partial charge is 0.356 e. The number of nitrogens with zero attached hydrogens (tertiary/aromatic N) is 3. The molecule has 0 saturated carbocycles. The smallest absolute Gasteiger partial charge is 0.133 e. The molecule has 2 aliphatic heterocycles. The summed E-state index contributed by atoms with van der Waals surface area (Å²) < 4.78 is 0. The highest BCUT2D eigenvalue weighted by atomic mass is 15.2. The number of hydrogen-bond acceptors (Lipinski definition) is 3. The lowest BCUT2D eigenvalue weighted by molar-refractivity contribution is 0.248. The molecule has 1 aromatic heterocycles. The van der Waals surface area contributed by atoms with Crippen LogP contribution in [-0.4, -0.2) is 29.5 Å². The molecule has 3 heterocycles. The van der Waals surface area contributed by atoms with E-state index in [1.165, 1.54) is 62.0 Å². The molecule has 0 radical (unpaired) electrons. The fourth-order valence-electron chi connectivity index (χ4n) is 4.40. The molecule has 132 valence electrons. The minimum Gasteiger partial charge on any atom is -0.356 e. The first-order chi connectivity index (χ1) is 12.4. The van der Waals surface area contributed by atoms with E-state index in [0.717, 1.165) is 19.6 Å². The molecule has 0 bridgehead atoms. The van der Waals surface area contributed by atoms with Crippen LogP contribution in [0.25, 0.3) is 0 Å². The van der Waals surface area contributed by atoms with E-state index in [1.54, 1.807) is 0 Å². The van der Waals surface area contributed by atoms with Crippen molar-refractivity contribution in [2.75, 3.05) is 24.5 Å². The Hall–Kier alpha value is -1.87. The van der Waals surface area contributed by atoms with Crippen molar-refractivity contribution in [3.8, 4) is 0 Å². The summed E-state index contributed by atoms with van der Waals surface area (Å²) >= 11 is 0. The lowest BCUT2D eigenvalue weighted by Gasteiger charge is -2.30. The lowest BCUT2D eigenvalue weighted by Crippen LogP contribution is -2.29. The zero-order valence-corrected chi connectivity index (χ0v) is 15.1. The Balaban J connectivity index is 1.57. The van der Waals surface area contributed by atoms with E-state index in [4.69, 9.17) is 4.98 Å². The van der Waals surface area contributed by atoms with Crippen LogP contribution in [0.4, 0.5) is 5.82 Å². The third-order valence-corrected chi connectivity index (χ3v) is 5.67. The average Bonchev–Trinajstić information content (AvgIpc) is 2.94. The molecule has 25 heavy (non-hydrogen) atoms. The summed E-state index contributed by atoms with van der Waals surface area (Å²) in [7, 11) is 0. The average molecular weight is 335 g/mol. The van der Waals surface area contributed by atoms with E-state index >= 15 is 0 Å². The summed E-state index contributed by atoms with van der Waals surface area (Å²) in [4.78, 5) is 10.0.